The van der Waals surface area contributed by atoms with E-state index in [1.54, 1.807) is 29.9 Å². The number of carbonyl (C=O) groups excluding carboxylic acids is 2. The van der Waals surface area contributed by atoms with E-state index < -0.39 is 0 Å². The van der Waals surface area contributed by atoms with Gasteiger partial charge in [0.15, 0.2) is 0 Å². The molecule has 0 radical (unpaired) electrons. The molecule has 1 aliphatic rings. The molecule has 2 aromatic rings. The van der Waals surface area contributed by atoms with Gasteiger partial charge in [0.25, 0.3) is 5.91 Å². The van der Waals surface area contributed by atoms with E-state index in [-0.39, 0.29) is 24.3 Å². The zero-order valence-corrected chi connectivity index (χ0v) is 15.9. The first-order valence-electron chi connectivity index (χ1n) is 8.65. The summed E-state index contributed by atoms with van der Waals surface area (Å²) in [7, 11) is 5.26. The minimum absolute atomic E-state index is 0.0375. The molecular formula is C19H23N5O3. The number of carbonyl (C=O) groups is 2. The topological polar surface area (TPSA) is 87.7 Å². The largest absolute Gasteiger partial charge is 0.497 e. The average molecular weight is 369 g/mol. The molecule has 2 amide bonds. The maximum absolute atomic E-state index is 12.6. The van der Waals surface area contributed by atoms with Crippen molar-refractivity contribution in [2.45, 2.75) is 19.4 Å². The van der Waals surface area contributed by atoms with E-state index in [1.807, 2.05) is 32.3 Å². The second kappa shape index (κ2) is 7.61. The van der Waals surface area contributed by atoms with Crippen LogP contribution in [0.2, 0.25) is 0 Å². The van der Waals surface area contributed by atoms with Crippen LogP contribution < -0.4 is 19.9 Å². The minimum Gasteiger partial charge on any atom is -0.497 e. The van der Waals surface area contributed by atoms with Gasteiger partial charge >= 0.3 is 0 Å². The summed E-state index contributed by atoms with van der Waals surface area (Å²) in [6.45, 7) is 2.18. The molecule has 1 aromatic carbocycles. The Kier molecular flexibility index (Phi) is 5.25. The van der Waals surface area contributed by atoms with Gasteiger partial charge < -0.3 is 19.9 Å². The molecule has 0 spiro atoms. The average Bonchev–Trinajstić information content (AvgIpc) is 3.01. The van der Waals surface area contributed by atoms with Crippen LogP contribution in [0.25, 0.3) is 0 Å². The van der Waals surface area contributed by atoms with Crippen molar-refractivity contribution in [2.24, 2.45) is 0 Å². The molecule has 1 fully saturated rings. The summed E-state index contributed by atoms with van der Waals surface area (Å²) in [6.07, 6.45) is 1.77. The molecule has 8 nitrogen and oxygen atoms in total. The molecule has 0 aliphatic carbocycles. The molecule has 1 saturated heterocycles. The van der Waals surface area contributed by atoms with E-state index >= 15 is 0 Å². The zero-order valence-electron chi connectivity index (χ0n) is 15.9. The molecule has 2 heterocycles. The molecule has 0 saturated carbocycles. The number of anilines is 2. The number of rotatable bonds is 5. The summed E-state index contributed by atoms with van der Waals surface area (Å²) in [6, 6.07) is 7.04. The number of aryl methyl sites for hydroxylation is 1. The van der Waals surface area contributed by atoms with Crippen molar-refractivity contribution in [3.63, 3.8) is 0 Å². The van der Waals surface area contributed by atoms with E-state index in [1.165, 1.54) is 6.20 Å². The first-order chi connectivity index (χ1) is 12.9. The van der Waals surface area contributed by atoms with Gasteiger partial charge in [-0.15, -0.1) is 0 Å². The van der Waals surface area contributed by atoms with Crippen LogP contribution in [0.15, 0.2) is 30.5 Å². The van der Waals surface area contributed by atoms with Gasteiger partial charge in [0, 0.05) is 45.0 Å². The number of aromatic nitrogens is 2. The molecule has 1 N–H and O–H groups in total. The number of ether oxygens (including phenoxy) is 1. The third-order valence-electron chi connectivity index (χ3n) is 4.44. The highest BCUT2D eigenvalue weighted by molar-refractivity contribution is 5.99. The summed E-state index contributed by atoms with van der Waals surface area (Å²) in [5.41, 5.74) is 1.76. The van der Waals surface area contributed by atoms with Crippen LogP contribution in [0.3, 0.4) is 0 Å². The highest BCUT2D eigenvalue weighted by atomic mass is 16.5. The van der Waals surface area contributed by atoms with Crippen molar-refractivity contribution >= 4 is 23.5 Å². The van der Waals surface area contributed by atoms with E-state index in [2.05, 4.69) is 15.3 Å². The molecule has 3 rings (SSSR count). The van der Waals surface area contributed by atoms with Crippen molar-refractivity contribution in [2.75, 3.05) is 37.5 Å². The Hall–Kier alpha value is -3.16. The number of benzene rings is 1. The minimum atomic E-state index is -0.275. The summed E-state index contributed by atoms with van der Waals surface area (Å²) in [5, 5.41) is 2.92. The highest BCUT2D eigenvalue weighted by Crippen LogP contribution is 2.25. The molecule has 8 heteroatoms. The predicted octanol–water partition coefficient (Wildman–Crippen LogP) is 1.39. The Morgan fingerprint density at radius 2 is 2.15 bits per heavy atom. The number of hydrogen-bond donors (Lipinski definition) is 1. The van der Waals surface area contributed by atoms with E-state index in [0.717, 1.165) is 5.69 Å². The normalized spacial score (nSPS) is 16.4. The Morgan fingerprint density at radius 1 is 1.37 bits per heavy atom. The van der Waals surface area contributed by atoms with Gasteiger partial charge in [0.1, 0.15) is 5.75 Å². The molecular weight excluding hydrogens is 346 g/mol. The lowest BCUT2D eigenvalue weighted by Crippen LogP contribution is -2.37. The lowest BCUT2D eigenvalue weighted by molar-refractivity contribution is -0.117. The van der Waals surface area contributed by atoms with Gasteiger partial charge in [-0.3, -0.25) is 9.59 Å². The van der Waals surface area contributed by atoms with Gasteiger partial charge in [0.05, 0.1) is 24.4 Å². The standard InChI is InChI=1S/C19H23N5O3/c1-12-16(10-20-19(21-12)23(2)3)18(26)22-13-8-17(25)24(11-13)14-6-5-7-15(9-14)27-4/h5-7,9-10,13H,8,11H2,1-4H3,(H,22,26)/t13-/m1/s1. The molecule has 27 heavy (non-hydrogen) atoms. The van der Waals surface area contributed by atoms with Crippen molar-refractivity contribution in [3.8, 4) is 5.75 Å². The fraction of sp³-hybridized carbons (Fsp3) is 0.368. The third-order valence-corrected chi connectivity index (χ3v) is 4.44. The number of nitrogens with one attached hydrogen (secondary N) is 1. The zero-order chi connectivity index (χ0) is 19.6. The predicted molar refractivity (Wildman–Crippen MR) is 102 cm³/mol. The van der Waals surface area contributed by atoms with E-state index in [4.69, 9.17) is 4.74 Å². The third kappa shape index (κ3) is 3.99. The van der Waals surface area contributed by atoms with Crippen LogP contribution in [0.4, 0.5) is 11.6 Å². The molecule has 1 aromatic heterocycles. The van der Waals surface area contributed by atoms with Crippen LogP contribution in [0.1, 0.15) is 22.5 Å². The molecule has 0 unspecified atom stereocenters. The van der Waals surface area contributed by atoms with Gasteiger partial charge in [-0.25, -0.2) is 9.97 Å². The van der Waals surface area contributed by atoms with Gasteiger partial charge in [-0.1, -0.05) is 6.07 Å². The van der Waals surface area contributed by atoms with Gasteiger partial charge in [-0.2, -0.15) is 0 Å². The van der Waals surface area contributed by atoms with Gasteiger partial charge in [-0.05, 0) is 19.1 Å². The number of hydrogen-bond acceptors (Lipinski definition) is 6. The van der Waals surface area contributed by atoms with E-state index in [0.29, 0.717) is 29.5 Å². The van der Waals surface area contributed by atoms with E-state index in [9.17, 15) is 9.59 Å². The van der Waals surface area contributed by atoms with Crippen LogP contribution in [0.5, 0.6) is 5.75 Å². The number of amides is 2. The summed E-state index contributed by atoms with van der Waals surface area (Å²) < 4.78 is 5.21. The monoisotopic (exact) mass is 369 g/mol. The summed E-state index contributed by atoms with van der Waals surface area (Å²) in [4.78, 5) is 36.9. The number of methoxy groups -OCH3 is 1. The van der Waals surface area contributed by atoms with Crippen LogP contribution >= 0.6 is 0 Å². The maximum Gasteiger partial charge on any atom is 0.254 e. The Labute approximate surface area is 158 Å². The van der Waals surface area contributed by atoms with Crippen molar-refractivity contribution in [1.82, 2.24) is 15.3 Å². The van der Waals surface area contributed by atoms with Crippen molar-refractivity contribution < 1.29 is 14.3 Å². The molecule has 1 atom stereocenters. The maximum atomic E-state index is 12.6. The lowest BCUT2D eigenvalue weighted by atomic mass is 10.2. The second-order valence-electron chi connectivity index (χ2n) is 6.64. The van der Waals surface area contributed by atoms with Gasteiger partial charge in [0.2, 0.25) is 11.9 Å². The molecule has 142 valence electrons. The lowest BCUT2D eigenvalue weighted by Gasteiger charge is -2.18. The van der Waals surface area contributed by atoms with Crippen molar-refractivity contribution in [1.29, 1.82) is 0 Å². The summed E-state index contributed by atoms with van der Waals surface area (Å²) in [5.74, 6) is 0.915. The summed E-state index contributed by atoms with van der Waals surface area (Å²) >= 11 is 0. The quantitative estimate of drug-likeness (QED) is 0.857. The smallest absolute Gasteiger partial charge is 0.254 e. The fourth-order valence-corrected chi connectivity index (χ4v) is 2.99. The Morgan fingerprint density at radius 3 is 2.81 bits per heavy atom. The van der Waals surface area contributed by atoms with Crippen LogP contribution in [-0.4, -0.2) is 55.6 Å². The molecule has 1 aliphatic heterocycles. The Balaban J connectivity index is 1.70. The first kappa shape index (κ1) is 18.6. The highest BCUT2D eigenvalue weighted by Gasteiger charge is 2.32. The fourth-order valence-electron chi connectivity index (χ4n) is 2.99. The number of nitrogens with zero attached hydrogens (tertiary/aromatic N) is 4. The second-order valence-corrected chi connectivity index (χ2v) is 6.64. The van der Waals surface area contributed by atoms with Crippen molar-refractivity contribution in [3.05, 3.63) is 41.7 Å². The Bertz CT molecular complexity index is 868. The first-order valence-corrected chi connectivity index (χ1v) is 8.65. The SMILES string of the molecule is COc1cccc(N2C[C@H](NC(=O)c3cnc(N(C)C)nc3C)CC2=O)c1. The van der Waals surface area contributed by atoms with Crippen LogP contribution in [0, 0.1) is 6.92 Å². The van der Waals surface area contributed by atoms with Crippen LogP contribution in [-0.2, 0) is 4.79 Å². The molecule has 0 bridgehead atoms.